The van der Waals surface area contributed by atoms with Crippen molar-refractivity contribution in [3.63, 3.8) is 0 Å². The summed E-state index contributed by atoms with van der Waals surface area (Å²) in [5.74, 6) is 0.778. The Morgan fingerprint density at radius 1 is 1.47 bits per heavy atom. The minimum atomic E-state index is 0.143. The van der Waals surface area contributed by atoms with Crippen molar-refractivity contribution < 1.29 is 4.79 Å². The van der Waals surface area contributed by atoms with Crippen molar-refractivity contribution in [2.24, 2.45) is 5.92 Å². The van der Waals surface area contributed by atoms with E-state index >= 15 is 0 Å². The second kappa shape index (κ2) is 6.19. The fraction of sp³-hybridized carbons (Fsp3) is 0.714. The van der Waals surface area contributed by atoms with E-state index in [1.807, 2.05) is 31.9 Å². The van der Waals surface area contributed by atoms with Crippen molar-refractivity contribution >= 4 is 5.91 Å². The molecule has 0 saturated carbocycles. The summed E-state index contributed by atoms with van der Waals surface area (Å²) in [6, 6.07) is 2.00. The maximum atomic E-state index is 12.2. The molecule has 1 aliphatic heterocycles. The first kappa shape index (κ1) is 14.1. The number of aryl methyl sites for hydroxylation is 2. The van der Waals surface area contributed by atoms with Gasteiger partial charge in [-0.25, -0.2) is 0 Å². The number of rotatable bonds is 4. The number of piperidine rings is 1. The SMILES string of the molecule is Cc1cc(C)n(CC(=O)N(C)CC2CCNCC2)n1. The van der Waals surface area contributed by atoms with Crippen LogP contribution < -0.4 is 5.32 Å². The summed E-state index contributed by atoms with van der Waals surface area (Å²) in [6.45, 7) is 7.29. The molecule has 1 aromatic heterocycles. The second-order valence-electron chi connectivity index (χ2n) is 5.55. The van der Waals surface area contributed by atoms with E-state index in [1.54, 1.807) is 4.68 Å². The minimum absolute atomic E-state index is 0.143. The van der Waals surface area contributed by atoms with Gasteiger partial charge in [-0.3, -0.25) is 9.48 Å². The molecular formula is C14H24N4O. The van der Waals surface area contributed by atoms with Crippen molar-refractivity contribution in [3.8, 4) is 0 Å². The van der Waals surface area contributed by atoms with Gasteiger partial charge in [0.2, 0.25) is 5.91 Å². The Hall–Kier alpha value is -1.36. The first-order valence-electron chi connectivity index (χ1n) is 7.02. The molecule has 0 atom stereocenters. The maximum Gasteiger partial charge on any atom is 0.244 e. The molecule has 1 N–H and O–H groups in total. The van der Waals surface area contributed by atoms with Crippen molar-refractivity contribution in [2.75, 3.05) is 26.7 Å². The quantitative estimate of drug-likeness (QED) is 0.881. The molecule has 0 aliphatic carbocycles. The zero-order valence-electron chi connectivity index (χ0n) is 12.1. The highest BCUT2D eigenvalue weighted by Gasteiger charge is 2.18. The van der Waals surface area contributed by atoms with E-state index < -0.39 is 0 Å². The van der Waals surface area contributed by atoms with Crippen molar-refractivity contribution in [1.82, 2.24) is 20.0 Å². The van der Waals surface area contributed by atoms with E-state index in [0.29, 0.717) is 12.5 Å². The van der Waals surface area contributed by atoms with Gasteiger partial charge in [0.25, 0.3) is 0 Å². The van der Waals surface area contributed by atoms with Crippen LogP contribution >= 0.6 is 0 Å². The van der Waals surface area contributed by atoms with E-state index in [1.165, 1.54) is 0 Å². The number of hydrogen-bond donors (Lipinski definition) is 1. The Balaban J connectivity index is 1.86. The molecule has 0 radical (unpaired) electrons. The Labute approximate surface area is 115 Å². The standard InChI is InChI=1S/C14H24N4O/c1-11-8-12(2)18(16-11)10-14(19)17(3)9-13-4-6-15-7-5-13/h8,13,15H,4-7,9-10H2,1-3H3. The molecule has 5 heteroatoms. The van der Waals surface area contributed by atoms with Gasteiger partial charge >= 0.3 is 0 Å². The van der Waals surface area contributed by atoms with Crippen molar-refractivity contribution in [3.05, 3.63) is 17.5 Å². The number of carbonyl (C=O) groups is 1. The van der Waals surface area contributed by atoms with Gasteiger partial charge in [-0.15, -0.1) is 0 Å². The van der Waals surface area contributed by atoms with Gasteiger partial charge in [0, 0.05) is 19.3 Å². The van der Waals surface area contributed by atoms with E-state index in [4.69, 9.17) is 0 Å². The van der Waals surface area contributed by atoms with Crippen molar-refractivity contribution in [1.29, 1.82) is 0 Å². The molecule has 1 amide bonds. The van der Waals surface area contributed by atoms with Gasteiger partial charge in [0.05, 0.1) is 5.69 Å². The lowest BCUT2D eigenvalue weighted by Crippen LogP contribution is -2.38. The van der Waals surface area contributed by atoms with Gasteiger partial charge in [-0.1, -0.05) is 0 Å². The van der Waals surface area contributed by atoms with Crippen LogP contribution in [0.2, 0.25) is 0 Å². The summed E-state index contributed by atoms with van der Waals surface area (Å²) in [5, 5.41) is 7.69. The second-order valence-corrected chi connectivity index (χ2v) is 5.55. The molecule has 0 spiro atoms. The van der Waals surface area contributed by atoms with Crippen LogP contribution in [0, 0.1) is 19.8 Å². The third-order valence-corrected chi connectivity index (χ3v) is 3.80. The number of carbonyl (C=O) groups excluding carboxylic acids is 1. The first-order chi connectivity index (χ1) is 9.06. The largest absolute Gasteiger partial charge is 0.344 e. The monoisotopic (exact) mass is 264 g/mol. The Morgan fingerprint density at radius 2 is 2.16 bits per heavy atom. The third kappa shape index (κ3) is 3.80. The summed E-state index contributed by atoms with van der Waals surface area (Å²) in [7, 11) is 1.90. The van der Waals surface area contributed by atoms with Crippen LogP contribution in [0.5, 0.6) is 0 Å². The Bertz CT molecular complexity index is 435. The topological polar surface area (TPSA) is 50.2 Å². The van der Waals surface area contributed by atoms with Crippen LogP contribution in [0.4, 0.5) is 0 Å². The van der Waals surface area contributed by atoms with E-state index in [9.17, 15) is 4.79 Å². The molecule has 1 aromatic rings. The molecule has 0 bridgehead atoms. The molecule has 1 aliphatic rings. The van der Waals surface area contributed by atoms with Crippen LogP contribution in [0.15, 0.2) is 6.07 Å². The van der Waals surface area contributed by atoms with Gasteiger partial charge < -0.3 is 10.2 Å². The lowest BCUT2D eigenvalue weighted by Gasteiger charge is -2.27. The van der Waals surface area contributed by atoms with Crippen molar-refractivity contribution in [2.45, 2.75) is 33.2 Å². The highest BCUT2D eigenvalue weighted by Crippen LogP contribution is 2.13. The maximum absolute atomic E-state index is 12.2. The number of hydrogen-bond acceptors (Lipinski definition) is 3. The van der Waals surface area contributed by atoms with Gasteiger partial charge in [-0.05, 0) is 51.8 Å². The normalized spacial score (nSPS) is 16.6. The molecule has 2 rings (SSSR count). The average Bonchev–Trinajstić information content (AvgIpc) is 2.69. The molecule has 106 valence electrons. The summed E-state index contributed by atoms with van der Waals surface area (Å²) in [6.07, 6.45) is 2.33. The number of amides is 1. The Kier molecular flexibility index (Phi) is 4.58. The third-order valence-electron chi connectivity index (χ3n) is 3.80. The fourth-order valence-corrected chi connectivity index (χ4v) is 2.64. The fourth-order valence-electron chi connectivity index (χ4n) is 2.64. The summed E-state index contributed by atoms with van der Waals surface area (Å²) in [5.41, 5.74) is 2.01. The predicted octanol–water partition coefficient (Wildman–Crippen LogP) is 0.958. The molecule has 1 fully saturated rings. The van der Waals surface area contributed by atoms with E-state index in [2.05, 4.69) is 10.4 Å². The summed E-state index contributed by atoms with van der Waals surface area (Å²) in [4.78, 5) is 14.1. The van der Waals surface area contributed by atoms with Crippen LogP contribution in [0.25, 0.3) is 0 Å². The van der Waals surface area contributed by atoms with E-state index in [-0.39, 0.29) is 5.91 Å². The zero-order valence-corrected chi connectivity index (χ0v) is 12.1. The molecule has 2 heterocycles. The highest BCUT2D eigenvalue weighted by molar-refractivity contribution is 5.75. The molecule has 1 saturated heterocycles. The predicted molar refractivity (Wildman–Crippen MR) is 74.9 cm³/mol. The zero-order chi connectivity index (χ0) is 13.8. The molecule has 19 heavy (non-hydrogen) atoms. The van der Waals surface area contributed by atoms with Gasteiger partial charge in [0.1, 0.15) is 6.54 Å². The van der Waals surface area contributed by atoms with Crippen LogP contribution in [0.1, 0.15) is 24.2 Å². The van der Waals surface area contributed by atoms with Crippen LogP contribution in [0.3, 0.4) is 0 Å². The van der Waals surface area contributed by atoms with Crippen LogP contribution in [-0.2, 0) is 11.3 Å². The lowest BCUT2D eigenvalue weighted by atomic mass is 9.98. The molecule has 5 nitrogen and oxygen atoms in total. The molecular weight excluding hydrogens is 240 g/mol. The highest BCUT2D eigenvalue weighted by atomic mass is 16.2. The lowest BCUT2D eigenvalue weighted by molar-refractivity contribution is -0.131. The average molecular weight is 264 g/mol. The Morgan fingerprint density at radius 3 is 2.74 bits per heavy atom. The van der Waals surface area contributed by atoms with Gasteiger partial charge in [-0.2, -0.15) is 5.10 Å². The smallest absolute Gasteiger partial charge is 0.244 e. The number of aromatic nitrogens is 2. The molecule has 0 unspecified atom stereocenters. The first-order valence-corrected chi connectivity index (χ1v) is 7.02. The number of nitrogens with one attached hydrogen (secondary N) is 1. The molecule has 0 aromatic carbocycles. The minimum Gasteiger partial charge on any atom is -0.344 e. The number of likely N-dealkylation sites (N-methyl/N-ethyl adjacent to an activating group) is 1. The summed E-state index contributed by atoms with van der Waals surface area (Å²) >= 11 is 0. The van der Waals surface area contributed by atoms with E-state index in [0.717, 1.165) is 43.9 Å². The van der Waals surface area contributed by atoms with Gasteiger partial charge in [0.15, 0.2) is 0 Å². The van der Waals surface area contributed by atoms with Crippen LogP contribution in [-0.4, -0.2) is 47.3 Å². The summed E-state index contributed by atoms with van der Waals surface area (Å²) < 4.78 is 1.79. The number of nitrogens with zero attached hydrogens (tertiary/aromatic N) is 3.